The van der Waals surface area contributed by atoms with Gasteiger partial charge >= 0.3 is 0 Å². The van der Waals surface area contributed by atoms with Crippen LogP contribution in [0.4, 0.5) is 5.69 Å². The van der Waals surface area contributed by atoms with Crippen LogP contribution >= 0.6 is 0 Å². The van der Waals surface area contributed by atoms with E-state index in [1.807, 2.05) is 6.92 Å². The first-order valence-electron chi connectivity index (χ1n) is 7.64. The normalized spacial score (nSPS) is 14.9. The van der Waals surface area contributed by atoms with E-state index in [-0.39, 0.29) is 24.6 Å². The van der Waals surface area contributed by atoms with Crippen molar-refractivity contribution in [1.29, 1.82) is 0 Å². The average molecular weight is 342 g/mol. The zero-order valence-corrected chi connectivity index (χ0v) is 13.9. The van der Waals surface area contributed by atoms with Crippen LogP contribution in [0.15, 0.2) is 35.5 Å². The van der Waals surface area contributed by atoms with E-state index in [2.05, 4.69) is 5.16 Å². The molecule has 3 N–H and O–H groups in total. The number of carbonyl (C=O) groups excluding carboxylic acids is 1. The third-order valence-electron chi connectivity index (χ3n) is 4.21. The average Bonchev–Trinajstić information content (AvgIpc) is 2.88. The van der Waals surface area contributed by atoms with Gasteiger partial charge in [-0.25, -0.2) is 0 Å². The lowest BCUT2D eigenvalue weighted by Gasteiger charge is -2.19. The number of ether oxygens (including phenoxy) is 1. The van der Waals surface area contributed by atoms with E-state index in [1.165, 1.54) is 12.0 Å². The van der Waals surface area contributed by atoms with Crippen molar-refractivity contribution < 1.29 is 25.0 Å². The van der Waals surface area contributed by atoms with E-state index in [0.29, 0.717) is 28.1 Å². The summed E-state index contributed by atoms with van der Waals surface area (Å²) >= 11 is 0. The largest absolute Gasteiger partial charge is 0.507 e. The third-order valence-corrected chi connectivity index (χ3v) is 4.21. The number of fused-ring (bicyclic) bond motifs is 1. The Bertz CT molecular complexity index is 876. The topological polar surface area (TPSA) is 103 Å². The molecule has 0 unspecified atom stereocenters. The quantitative estimate of drug-likeness (QED) is 0.582. The van der Waals surface area contributed by atoms with Crippen molar-refractivity contribution in [3.63, 3.8) is 0 Å². The second-order valence-electron chi connectivity index (χ2n) is 5.81. The van der Waals surface area contributed by atoms with E-state index >= 15 is 0 Å². The number of rotatable bonds is 4. The molecule has 1 amide bonds. The van der Waals surface area contributed by atoms with Gasteiger partial charge in [0.15, 0.2) is 5.71 Å². The summed E-state index contributed by atoms with van der Waals surface area (Å²) < 4.78 is 5.15. The van der Waals surface area contributed by atoms with Gasteiger partial charge in [0.25, 0.3) is 5.91 Å². The highest BCUT2D eigenvalue weighted by atomic mass is 16.5. The first-order chi connectivity index (χ1) is 12.0. The van der Waals surface area contributed by atoms with Gasteiger partial charge in [-0.1, -0.05) is 22.9 Å². The van der Waals surface area contributed by atoms with Crippen molar-refractivity contribution in [3.05, 3.63) is 52.6 Å². The Morgan fingerprint density at radius 3 is 2.56 bits per heavy atom. The molecule has 7 nitrogen and oxygen atoms in total. The van der Waals surface area contributed by atoms with E-state index in [0.717, 1.165) is 5.56 Å². The zero-order valence-electron chi connectivity index (χ0n) is 13.9. The molecule has 0 aromatic heterocycles. The van der Waals surface area contributed by atoms with Crippen LogP contribution in [0.3, 0.4) is 0 Å². The van der Waals surface area contributed by atoms with Crippen LogP contribution in [0.5, 0.6) is 11.5 Å². The van der Waals surface area contributed by atoms with Gasteiger partial charge in [-0.2, -0.15) is 0 Å². The van der Waals surface area contributed by atoms with Crippen LogP contribution in [-0.2, 0) is 17.9 Å². The second kappa shape index (κ2) is 6.45. The van der Waals surface area contributed by atoms with Gasteiger partial charge in [-0.05, 0) is 25.1 Å². The fourth-order valence-corrected chi connectivity index (χ4v) is 3.02. The van der Waals surface area contributed by atoms with Crippen molar-refractivity contribution in [2.45, 2.75) is 20.1 Å². The van der Waals surface area contributed by atoms with Crippen LogP contribution in [-0.4, -0.2) is 34.1 Å². The minimum Gasteiger partial charge on any atom is -0.507 e. The molecule has 1 heterocycles. The number of phenols is 1. The van der Waals surface area contributed by atoms with Crippen molar-refractivity contribution in [2.75, 3.05) is 12.0 Å². The summed E-state index contributed by atoms with van der Waals surface area (Å²) in [5.74, 6) is 0.0121. The standard InChI is InChI=1S/C18H18N2O5/c1-10-5-11(17(22)12(6-10)9-21)8-20-15-4-3-13(25-2)7-14(15)16(19-24)18(20)23/h3-7,21-22,24H,8-9H2,1-2H3/b19-16-. The van der Waals surface area contributed by atoms with Gasteiger partial charge in [-0.15, -0.1) is 0 Å². The lowest BCUT2D eigenvalue weighted by atomic mass is 10.0. The Hall–Kier alpha value is -3.06. The van der Waals surface area contributed by atoms with Crippen molar-refractivity contribution >= 4 is 17.3 Å². The minimum absolute atomic E-state index is 0.0506. The van der Waals surface area contributed by atoms with Crippen molar-refractivity contribution in [3.8, 4) is 11.5 Å². The molecular formula is C18H18N2O5. The minimum atomic E-state index is -0.475. The molecule has 7 heteroatoms. The van der Waals surface area contributed by atoms with Gasteiger partial charge < -0.3 is 25.1 Å². The van der Waals surface area contributed by atoms with Gasteiger partial charge in [0, 0.05) is 16.7 Å². The van der Waals surface area contributed by atoms with E-state index in [4.69, 9.17) is 4.74 Å². The first kappa shape index (κ1) is 16.8. The number of anilines is 1. The Labute approximate surface area is 144 Å². The summed E-state index contributed by atoms with van der Waals surface area (Å²) in [6.45, 7) is 1.62. The van der Waals surface area contributed by atoms with Crippen molar-refractivity contribution in [2.24, 2.45) is 5.16 Å². The SMILES string of the molecule is COc1ccc2c(c1)/C(=N/O)C(=O)N2Cc1cc(C)cc(CO)c1O. The highest BCUT2D eigenvalue weighted by molar-refractivity contribution is 6.54. The summed E-state index contributed by atoms with van der Waals surface area (Å²) in [4.78, 5) is 14.0. The number of nitrogens with zero attached hydrogens (tertiary/aromatic N) is 2. The van der Waals surface area contributed by atoms with E-state index in [9.17, 15) is 20.2 Å². The van der Waals surface area contributed by atoms with Gasteiger partial charge in [0.1, 0.15) is 11.5 Å². The summed E-state index contributed by atoms with van der Waals surface area (Å²) in [5.41, 5.74) is 2.69. The molecule has 1 aliphatic rings. The van der Waals surface area contributed by atoms with Gasteiger partial charge in [-0.3, -0.25) is 4.79 Å². The number of hydrogen-bond acceptors (Lipinski definition) is 6. The van der Waals surface area contributed by atoms with Crippen LogP contribution in [0.25, 0.3) is 0 Å². The number of aromatic hydroxyl groups is 1. The molecule has 1 aliphatic heterocycles. The number of methoxy groups -OCH3 is 1. The number of aliphatic hydroxyl groups is 1. The molecule has 25 heavy (non-hydrogen) atoms. The summed E-state index contributed by atoms with van der Waals surface area (Å²) in [6, 6.07) is 8.46. The number of aryl methyl sites for hydroxylation is 1. The van der Waals surface area contributed by atoms with E-state index in [1.54, 1.807) is 30.3 Å². The number of hydrogen-bond donors (Lipinski definition) is 3. The molecule has 130 valence electrons. The van der Waals surface area contributed by atoms with Crippen molar-refractivity contribution in [1.82, 2.24) is 0 Å². The molecule has 0 fully saturated rings. The van der Waals surface area contributed by atoms with Gasteiger partial charge in [0.2, 0.25) is 0 Å². The monoisotopic (exact) mass is 342 g/mol. The summed E-state index contributed by atoms with van der Waals surface area (Å²) in [5, 5.41) is 32.0. The Kier molecular flexibility index (Phi) is 4.33. The lowest BCUT2D eigenvalue weighted by molar-refractivity contribution is -0.112. The van der Waals surface area contributed by atoms with Crippen LogP contribution < -0.4 is 9.64 Å². The predicted octanol–water partition coefficient (Wildman–Crippen LogP) is 1.93. The molecule has 0 spiro atoms. The molecule has 2 aromatic rings. The maximum atomic E-state index is 12.6. The Morgan fingerprint density at radius 2 is 1.92 bits per heavy atom. The number of carbonyl (C=O) groups is 1. The maximum Gasteiger partial charge on any atom is 0.281 e. The summed E-state index contributed by atoms with van der Waals surface area (Å²) in [6.07, 6.45) is 0. The Morgan fingerprint density at radius 1 is 1.20 bits per heavy atom. The van der Waals surface area contributed by atoms with E-state index < -0.39 is 5.91 Å². The number of oxime groups is 1. The zero-order chi connectivity index (χ0) is 18.1. The van der Waals surface area contributed by atoms with Gasteiger partial charge in [0.05, 0.1) is 25.9 Å². The number of aliphatic hydroxyl groups excluding tert-OH is 1. The molecule has 0 aliphatic carbocycles. The fourth-order valence-electron chi connectivity index (χ4n) is 3.02. The highest BCUT2D eigenvalue weighted by Crippen LogP contribution is 2.35. The molecule has 0 atom stereocenters. The lowest BCUT2D eigenvalue weighted by Crippen LogP contribution is -2.29. The molecule has 0 saturated carbocycles. The second-order valence-corrected chi connectivity index (χ2v) is 5.81. The third kappa shape index (κ3) is 2.78. The molecule has 3 rings (SSSR count). The molecule has 0 bridgehead atoms. The van der Waals surface area contributed by atoms with Crippen LogP contribution in [0, 0.1) is 6.92 Å². The Balaban J connectivity index is 2.05. The number of benzene rings is 2. The van der Waals surface area contributed by atoms with Crippen LogP contribution in [0.1, 0.15) is 22.3 Å². The first-order valence-corrected chi connectivity index (χ1v) is 7.64. The van der Waals surface area contributed by atoms with Crippen LogP contribution in [0.2, 0.25) is 0 Å². The number of amides is 1. The molecule has 0 radical (unpaired) electrons. The molecule has 2 aromatic carbocycles. The highest BCUT2D eigenvalue weighted by Gasteiger charge is 2.35. The fraction of sp³-hybridized carbons (Fsp3) is 0.222. The predicted molar refractivity (Wildman–Crippen MR) is 91.3 cm³/mol. The maximum absolute atomic E-state index is 12.6. The smallest absolute Gasteiger partial charge is 0.281 e. The molecular weight excluding hydrogens is 324 g/mol. The summed E-state index contributed by atoms with van der Waals surface area (Å²) in [7, 11) is 1.51. The molecule has 0 saturated heterocycles.